The van der Waals surface area contributed by atoms with Crippen LogP contribution in [0.5, 0.6) is 5.75 Å². The van der Waals surface area contributed by atoms with E-state index < -0.39 is 6.10 Å². The summed E-state index contributed by atoms with van der Waals surface area (Å²) in [6, 6.07) is 4.78. The predicted molar refractivity (Wildman–Crippen MR) is 104 cm³/mol. The maximum absolute atomic E-state index is 12.6. The summed E-state index contributed by atoms with van der Waals surface area (Å²) in [5.41, 5.74) is 0.229. The first-order chi connectivity index (χ1) is 11.6. The molecule has 0 unspecified atom stereocenters. The number of pyridine rings is 1. The summed E-state index contributed by atoms with van der Waals surface area (Å²) in [4.78, 5) is 16.6. The third kappa shape index (κ3) is 3.74. The Bertz CT molecular complexity index is 789. The molecule has 6 nitrogen and oxygen atoms in total. The molecule has 2 aromatic rings. The highest BCUT2D eigenvalue weighted by atomic mass is 35.5. The number of halogens is 2. The van der Waals surface area contributed by atoms with Gasteiger partial charge in [0.15, 0.2) is 0 Å². The lowest BCUT2D eigenvalue weighted by Crippen LogP contribution is -2.49. The Hall–Kier alpha value is -1.60. The number of amides is 1. The summed E-state index contributed by atoms with van der Waals surface area (Å²) in [6.07, 6.45) is 4.17. The van der Waals surface area contributed by atoms with E-state index in [-0.39, 0.29) is 48.1 Å². The molecule has 4 rings (SSSR count). The smallest absolute Gasteiger partial charge is 0.255 e. The lowest BCUT2D eigenvalue weighted by atomic mass is 9.77. The van der Waals surface area contributed by atoms with Crippen LogP contribution in [0.4, 0.5) is 0 Å². The van der Waals surface area contributed by atoms with Gasteiger partial charge in [-0.3, -0.25) is 9.78 Å². The van der Waals surface area contributed by atoms with Gasteiger partial charge < -0.3 is 20.8 Å². The van der Waals surface area contributed by atoms with E-state index in [1.165, 1.54) is 0 Å². The van der Waals surface area contributed by atoms with Crippen LogP contribution in [0.25, 0.3) is 10.8 Å². The SMILES string of the molecule is Cl.Cl.O=C(N[C@H]1C[C@H]2CNC[C@H]2C[C@@H]1O)c1ccc2cnccc2c1O. The Kier molecular flexibility index (Phi) is 6.69. The van der Waals surface area contributed by atoms with Gasteiger partial charge in [-0.2, -0.15) is 0 Å². The van der Waals surface area contributed by atoms with Crippen LogP contribution < -0.4 is 10.6 Å². The van der Waals surface area contributed by atoms with Crippen molar-refractivity contribution in [2.75, 3.05) is 13.1 Å². The van der Waals surface area contributed by atoms with Crippen molar-refractivity contribution in [2.45, 2.75) is 25.0 Å². The van der Waals surface area contributed by atoms with E-state index in [1.54, 1.807) is 30.6 Å². The first kappa shape index (κ1) is 20.7. The van der Waals surface area contributed by atoms with Gasteiger partial charge in [-0.1, -0.05) is 6.07 Å². The van der Waals surface area contributed by atoms with E-state index in [1.807, 2.05) is 0 Å². The summed E-state index contributed by atoms with van der Waals surface area (Å²) < 4.78 is 0. The minimum atomic E-state index is -0.540. The van der Waals surface area contributed by atoms with Gasteiger partial charge in [0.2, 0.25) is 0 Å². The molecule has 1 aromatic carbocycles. The fourth-order valence-electron chi connectivity index (χ4n) is 4.03. The van der Waals surface area contributed by atoms with Gasteiger partial charge in [0, 0.05) is 23.2 Å². The van der Waals surface area contributed by atoms with Crippen LogP contribution in [-0.2, 0) is 0 Å². The summed E-state index contributed by atoms with van der Waals surface area (Å²) >= 11 is 0. The number of benzene rings is 1. The number of carbonyl (C=O) groups is 1. The molecule has 8 heteroatoms. The van der Waals surface area contributed by atoms with Crippen LogP contribution in [0, 0.1) is 11.8 Å². The first-order valence-electron chi connectivity index (χ1n) is 8.39. The topological polar surface area (TPSA) is 94.5 Å². The molecule has 1 aliphatic heterocycles. The van der Waals surface area contributed by atoms with Gasteiger partial charge in [-0.05, 0) is 49.9 Å². The molecule has 0 spiro atoms. The highest BCUT2D eigenvalue weighted by Gasteiger charge is 2.39. The molecule has 1 amide bonds. The molecule has 1 saturated carbocycles. The zero-order chi connectivity index (χ0) is 16.7. The van der Waals surface area contributed by atoms with E-state index in [4.69, 9.17) is 0 Å². The van der Waals surface area contributed by atoms with E-state index in [2.05, 4.69) is 15.6 Å². The van der Waals surface area contributed by atoms with Crippen molar-refractivity contribution in [3.63, 3.8) is 0 Å². The second-order valence-corrected chi connectivity index (χ2v) is 6.86. The Balaban J connectivity index is 0.00000121. The monoisotopic (exact) mass is 399 g/mol. The van der Waals surface area contributed by atoms with Crippen molar-refractivity contribution < 1.29 is 15.0 Å². The maximum atomic E-state index is 12.6. The molecule has 1 saturated heterocycles. The van der Waals surface area contributed by atoms with Gasteiger partial charge in [0.1, 0.15) is 5.75 Å². The lowest BCUT2D eigenvalue weighted by Gasteiger charge is -2.35. The number of aliphatic hydroxyl groups is 1. The molecule has 0 radical (unpaired) electrons. The molecule has 4 atom stereocenters. The molecule has 142 valence electrons. The number of hydrogen-bond donors (Lipinski definition) is 4. The standard InChI is InChI=1S/C18H21N3O3.2ClH/c22-16-6-12-9-20-8-11(12)5-15(16)21-18(24)14-2-1-10-7-19-4-3-13(10)17(14)23;;/h1-4,7,11-12,15-16,20,22-23H,5-6,8-9H2,(H,21,24);2*1H/t11-,12+,15-,16-;;/m0../s1. The van der Waals surface area contributed by atoms with Crippen molar-refractivity contribution >= 4 is 41.5 Å². The van der Waals surface area contributed by atoms with Crippen LogP contribution in [0.15, 0.2) is 30.6 Å². The molecular formula is C18H23Cl2N3O3. The number of fused-ring (bicyclic) bond motifs is 2. The van der Waals surface area contributed by atoms with Crippen LogP contribution >= 0.6 is 24.8 Å². The summed E-state index contributed by atoms with van der Waals surface area (Å²) in [6.45, 7) is 1.89. The van der Waals surface area contributed by atoms with Crippen molar-refractivity contribution in [1.29, 1.82) is 0 Å². The highest BCUT2D eigenvalue weighted by molar-refractivity contribution is 6.03. The highest BCUT2D eigenvalue weighted by Crippen LogP contribution is 2.33. The predicted octanol–water partition coefficient (Wildman–Crippen LogP) is 1.87. The first-order valence-corrected chi connectivity index (χ1v) is 8.39. The third-order valence-corrected chi connectivity index (χ3v) is 5.40. The number of phenols is 1. The molecule has 4 N–H and O–H groups in total. The number of nitrogens with one attached hydrogen (secondary N) is 2. The molecule has 0 bridgehead atoms. The van der Waals surface area contributed by atoms with E-state index >= 15 is 0 Å². The number of aromatic nitrogens is 1. The molecule has 1 aliphatic carbocycles. The fraction of sp³-hybridized carbons (Fsp3) is 0.444. The average Bonchev–Trinajstić information content (AvgIpc) is 3.02. The summed E-state index contributed by atoms with van der Waals surface area (Å²) in [5.74, 6) is 0.600. The molecule has 2 fully saturated rings. The second-order valence-electron chi connectivity index (χ2n) is 6.86. The van der Waals surface area contributed by atoms with Crippen LogP contribution in [-0.4, -0.2) is 46.3 Å². The van der Waals surface area contributed by atoms with Gasteiger partial charge in [-0.15, -0.1) is 24.8 Å². The zero-order valence-electron chi connectivity index (χ0n) is 14.1. The quantitative estimate of drug-likeness (QED) is 0.618. The number of phenolic OH excluding ortho intramolecular Hbond substituents is 1. The van der Waals surface area contributed by atoms with E-state index in [9.17, 15) is 15.0 Å². The molecule has 1 aromatic heterocycles. The Labute approximate surface area is 164 Å². The van der Waals surface area contributed by atoms with Gasteiger partial charge >= 0.3 is 0 Å². The fourth-order valence-corrected chi connectivity index (χ4v) is 4.03. The summed E-state index contributed by atoms with van der Waals surface area (Å²) in [5, 5.41) is 28.4. The minimum Gasteiger partial charge on any atom is -0.506 e. The normalized spacial score (nSPS) is 27.1. The van der Waals surface area contributed by atoms with Crippen molar-refractivity contribution in [3.8, 4) is 5.75 Å². The Morgan fingerprint density at radius 3 is 2.65 bits per heavy atom. The second kappa shape index (κ2) is 8.39. The molecule has 2 heterocycles. The van der Waals surface area contributed by atoms with Crippen LogP contribution in [0.2, 0.25) is 0 Å². The molecular weight excluding hydrogens is 377 g/mol. The molecule has 26 heavy (non-hydrogen) atoms. The lowest BCUT2D eigenvalue weighted by molar-refractivity contribution is 0.0461. The number of rotatable bonds is 2. The number of nitrogens with zero attached hydrogens (tertiary/aromatic N) is 1. The largest absolute Gasteiger partial charge is 0.506 e. The van der Waals surface area contributed by atoms with Crippen molar-refractivity contribution in [1.82, 2.24) is 15.6 Å². The number of hydrogen-bond acceptors (Lipinski definition) is 5. The number of aromatic hydroxyl groups is 1. The minimum absolute atomic E-state index is 0. The number of aliphatic hydroxyl groups excluding tert-OH is 1. The maximum Gasteiger partial charge on any atom is 0.255 e. The Morgan fingerprint density at radius 2 is 1.88 bits per heavy atom. The zero-order valence-corrected chi connectivity index (χ0v) is 15.7. The van der Waals surface area contributed by atoms with Crippen LogP contribution in [0.1, 0.15) is 23.2 Å². The molecule has 2 aliphatic rings. The third-order valence-electron chi connectivity index (χ3n) is 5.40. The van der Waals surface area contributed by atoms with E-state index in [0.29, 0.717) is 23.6 Å². The van der Waals surface area contributed by atoms with Gasteiger partial charge in [-0.25, -0.2) is 0 Å². The van der Waals surface area contributed by atoms with Gasteiger partial charge in [0.05, 0.1) is 17.7 Å². The summed E-state index contributed by atoms with van der Waals surface area (Å²) in [7, 11) is 0. The van der Waals surface area contributed by atoms with Crippen molar-refractivity contribution in [2.24, 2.45) is 11.8 Å². The Morgan fingerprint density at radius 1 is 1.15 bits per heavy atom. The van der Waals surface area contributed by atoms with E-state index in [0.717, 1.165) is 24.9 Å². The van der Waals surface area contributed by atoms with Crippen molar-refractivity contribution in [3.05, 3.63) is 36.2 Å². The number of carbonyl (C=O) groups excluding carboxylic acids is 1. The van der Waals surface area contributed by atoms with Gasteiger partial charge in [0.25, 0.3) is 5.91 Å². The average molecular weight is 400 g/mol. The van der Waals surface area contributed by atoms with Crippen LogP contribution in [0.3, 0.4) is 0 Å².